The van der Waals surface area contributed by atoms with E-state index < -0.39 is 0 Å². The van der Waals surface area contributed by atoms with E-state index in [1.807, 2.05) is 30.0 Å². The molecule has 2 heterocycles. The number of amides is 1. The van der Waals surface area contributed by atoms with E-state index in [0.29, 0.717) is 17.9 Å². The van der Waals surface area contributed by atoms with Gasteiger partial charge in [-0.1, -0.05) is 30.3 Å². The van der Waals surface area contributed by atoms with Gasteiger partial charge in [0.05, 0.1) is 7.11 Å². The van der Waals surface area contributed by atoms with Crippen molar-refractivity contribution in [2.75, 3.05) is 33.8 Å². The second-order valence-corrected chi connectivity index (χ2v) is 7.61. The predicted molar refractivity (Wildman–Crippen MR) is 102 cm³/mol. The van der Waals surface area contributed by atoms with Crippen LogP contribution < -0.4 is 4.74 Å². The zero-order chi connectivity index (χ0) is 18.3. The van der Waals surface area contributed by atoms with E-state index in [-0.39, 0.29) is 5.91 Å². The minimum absolute atomic E-state index is 0.139. The summed E-state index contributed by atoms with van der Waals surface area (Å²) in [7, 11) is 3.86. The Morgan fingerprint density at radius 2 is 1.85 bits per heavy atom. The van der Waals surface area contributed by atoms with Crippen LogP contribution in [0.15, 0.2) is 48.5 Å². The normalized spacial score (nSPS) is 25.3. The number of hydrogen-bond acceptors (Lipinski definition) is 3. The van der Waals surface area contributed by atoms with Crippen molar-refractivity contribution in [2.45, 2.75) is 13.0 Å². The molecule has 26 heavy (non-hydrogen) atoms. The van der Waals surface area contributed by atoms with Crippen molar-refractivity contribution in [3.05, 3.63) is 65.2 Å². The zero-order valence-corrected chi connectivity index (χ0v) is 15.7. The largest absolute Gasteiger partial charge is 0.496 e. The molecule has 1 amide bonds. The van der Waals surface area contributed by atoms with Gasteiger partial charge in [-0.25, -0.2) is 0 Å². The number of ether oxygens (including phenoxy) is 1. The SMILES string of the molecule is COc1ccc(C(=O)N2C[C@@H]3CN(C)[C@@H](c4ccccc4)[C@@H]3C2)cc1C. The maximum Gasteiger partial charge on any atom is 0.253 e. The molecule has 2 aromatic carbocycles. The Morgan fingerprint density at radius 3 is 2.54 bits per heavy atom. The number of methoxy groups -OCH3 is 1. The third kappa shape index (κ3) is 2.88. The number of benzene rings is 2. The van der Waals surface area contributed by atoms with Gasteiger partial charge in [-0.2, -0.15) is 0 Å². The molecule has 136 valence electrons. The van der Waals surface area contributed by atoms with Crippen LogP contribution >= 0.6 is 0 Å². The van der Waals surface area contributed by atoms with Crippen LogP contribution in [0, 0.1) is 18.8 Å². The molecular formula is C22H26N2O2. The highest BCUT2D eigenvalue weighted by Gasteiger charge is 2.47. The predicted octanol–water partition coefficient (Wildman–Crippen LogP) is 3.38. The van der Waals surface area contributed by atoms with Crippen LogP contribution in [0.5, 0.6) is 5.75 Å². The lowest BCUT2D eigenvalue weighted by molar-refractivity contribution is 0.0767. The Hall–Kier alpha value is -2.33. The highest BCUT2D eigenvalue weighted by atomic mass is 16.5. The standard InChI is InChI=1S/C22H26N2O2/c1-15-11-17(9-10-20(15)26-3)22(25)24-13-18-12-23(2)21(19(18)14-24)16-7-5-4-6-8-16/h4-11,18-19,21H,12-14H2,1-3H3/t18-,19+,21-/m0/s1. The van der Waals surface area contributed by atoms with E-state index in [1.165, 1.54) is 5.56 Å². The fourth-order valence-corrected chi connectivity index (χ4v) is 4.77. The van der Waals surface area contributed by atoms with Gasteiger partial charge >= 0.3 is 0 Å². The van der Waals surface area contributed by atoms with Gasteiger partial charge in [0.1, 0.15) is 5.75 Å². The highest BCUT2D eigenvalue weighted by molar-refractivity contribution is 5.94. The van der Waals surface area contributed by atoms with Gasteiger partial charge in [0.15, 0.2) is 0 Å². The fourth-order valence-electron chi connectivity index (χ4n) is 4.77. The lowest BCUT2D eigenvalue weighted by Crippen LogP contribution is -2.33. The highest BCUT2D eigenvalue weighted by Crippen LogP contribution is 2.44. The summed E-state index contributed by atoms with van der Waals surface area (Å²) in [5.41, 5.74) is 3.12. The first kappa shape index (κ1) is 17.1. The maximum absolute atomic E-state index is 13.0. The van der Waals surface area contributed by atoms with Crippen LogP contribution in [0.4, 0.5) is 0 Å². The molecule has 0 radical (unpaired) electrons. The Balaban J connectivity index is 1.53. The summed E-state index contributed by atoms with van der Waals surface area (Å²) in [6, 6.07) is 16.8. The van der Waals surface area contributed by atoms with Crippen molar-refractivity contribution >= 4 is 5.91 Å². The van der Waals surface area contributed by atoms with E-state index in [0.717, 1.165) is 36.5 Å². The molecule has 2 saturated heterocycles. The minimum Gasteiger partial charge on any atom is -0.496 e. The topological polar surface area (TPSA) is 32.8 Å². The minimum atomic E-state index is 0.139. The van der Waals surface area contributed by atoms with E-state index in [4.69, 9.17) is 4.74 Å². The van der Waals surface area contributed by atoms with Crippen LogP contribution in [-0.4, -0.2) is 49.5 Å². The Morgan fingerprint density at radius 1 is 1.08 bits per heavy atom. The van der Waals surface area contributed by atoms with Crippen molar-refractivity contribution in [1.82, 2.24) is 9.80 Å². The lowest BCUT2D eigenvalue weighted by atomic mass is 9.90. The van der Waals surface area contributed by atoms with E-state index in [1.54, 1.807) is 7.11 Å². The molecule has 0 N–H and O–H groups in total. The first-order valence-corrected chi connectivity index (χ1v) is 9.27. The molecule has 4 rings (SSSR count). The van der Waals surface area contributed by atoms with Gasteiger partial charge in [-0.3, -0.25) is 9.69 Å². The van der Waals surface area contributed by atoms with Crippen molar-refractivity contribution in [1.29, 1.82) is 0 Å². The van der Waals surface area contributed by atoms with Crippen molar-refractivity contribution < 1.29 is 9.53 Å². The van der Waals surface area contributed by atoms with Crippen LogP contribution in [0.2, 0.25) is 0 Å². The van der Waals surface area contributed by atoms with E-state index >= 15 is 0 Å². The summed E-state index contributed by atoms with van der Waals surface area (Å²) >= 11 is 0. The van der Waals surface area contributed by atoms with Crippen molar-refractivity contribution in [3.63, 3.8) is 0 Å². The average Bonchev–Trinajstić information content (AvgIpc) is 3.18. The van der Waals surface area contributed by atoms with Gasteiger partial charge in [0, 0.05) is 37.2 Å². The van der Waals surface area contributed by atoms with Crippen molar-refractivity contribution in [2.24, 2.45) is 11.8 Å². The summed E-state index contributed by atoms with van der Waals surface area (Å²) in [6.07, 6.45) is 0. The first-order valence-electron chi connectivity index (χ1n) is 9.27. The molecule has 4 heteroatoms. The number of aryl methyl sites for hydroxylation is 1. The summed E-state index contributed by atoms with van der Waals surface area (Å²) in [4.78, 5) is 17.5. The molecule has 2 aromatic rings. The molecule has 0 aliphatic carbocycles. The molecule has 3 atom stereocenters. The molecule has 4 nitrogen and oxygen atoms in total. The Kier molecular flexibility index (Phi) is 4.45. The van der Waals surface area contributed by atoms with Crippen molar-refractivity contribution in [3.8, 4) is 5.75 Å². The number of nitrogens with zero attached hydrogens (tertiary/aromatic N) is 2. The van der Waals surface area contributed by atoms with E-state index in [2.05, 4.69) is 42.3 Å². The molecule has 2 fully saturated rings. The van der Waals surface area contributed by atoms with Gasteiger partial charge in [0.2, 0.25) is 0 Å². The molecular weight excluding hydrogens is 324 g/mol. The average molecular weight is 350 g/mol. The number of fused-ring (bicyclic) bond motifs is 1. The van der Waals surface area contributed by atoms with Crippen LogP contribution in [0.3, 0.4) is 0 Å². The number of carbonyl (C=O) groups is 1. The number of hydrogen-bond donors (Lipinski definition) is 0. The number of rotatable bonds is 3. The monoisotopic (exact) mass is 350 g/mol. The molecule has 0 spiro atoms. The Bertz CT molecular complexity index is 805. The second kappa shape index (κ2) is 6.76. The first-order chi connectivity index (χ1) is 12.6. The lowest BCUT2D eigenvalue weighted by Gasteiger charge is -2.27. The maximum atomic E-state index is 13.0. The quantitative estimate of drug-likeness (QED) is 0.851. The molecule has 0 aromatic heterocycles. The Labute approximate surface area is 155 Å². The molecule has 0 bridgehead atoms. The molecule has 2 aliphatic heterocycles. The summed E-state index contributed by atoms with van der Waals surface area (Å²) in [6.45, 7) is 4.71. The smallest absolute Gasteiger partial charge is 0.253 e. The van der Waals surface area contributed by atoms with E-state index in [9.17, 15) is 4.79 Å². The van der Waals surface area contributed by atoms with Gasteiger partial charge in [-0.15, -0.1) is 0 Å². The van der Waals surface area contributed by atoms with Crippen LogP contribution in [0.1, 0.15) is 27.5 Å². The molecule has 2 aliphatic rings. The molecule has 0 unspecified atom stereocenters. The molecule has 0 saturated carbocycles. The van der Waals surface area contributed by atoms with Gasteiger partial charge in [0.25, 0.3) is 5.91 Å². The second-order valence-electron chi connectivity index (χ2n) is 7.61. The third-order valence-electron chi connectivity index (χ3n) is 5.96. The fraction of sp³-hybridized carbons (Fsp3) is 0.409. The third-order valence-corrected chi connectivity index (χ3v) is 5.96. The van der Waals surface area contributed by atoms with Gasteiger partial charge in [-0.05, 0) is 49.2 Å². The van der Waals surface area contributed by atoms with Crippen LogP contribution in [-0.2, 0) is 0 Å². The summed E-state index contributed by atoms with van der Waals surface area (Å²) in [5.74, 6) is 2.02. The van der Waals surface area contributed by atoms with Gasteiger partial charge < -0.3 is 9.64 Å². The summed E-state index contributed by atoms with van der Waals surface area (Å²) in [5, 5.41) is 0. The number of likely N-dealkylation sites (tertiary alicyclic amines) is 2. The summed E-state index contributed by atoms with van der Waals surface area (Å²) < 4.78 is 5.31. The van der Waals surface area contributed by atoms with Crippen LogP contribution in [0.25, 0.3) is 0 Å². The zero-order valence-electron chi connectivity index (χ0n) is 15.7. The number of carbonyl (C=O) groups excluding carboxylic acids is 1.